The Morgan fingerprint density at radius 1 is 1.23 bits per heavy atom. The van der Waals surface area contributed by atoms with Crippen molar-refractivity contribution in [1.82, 2.24) is 0 Å². The molecule has 0 amide bonds. The average molecular weight is 222 g/mol. The molecule has 1 rings (SSSR count). The van der Waals surface area contributed by atoms with Gasteiger partial charge in [-0.05, 0) is 30.2 Å². The van der Waals surface area contributed by atoms with Gasteiger partial charge in [0.05, 0.1) is 6.67 Å². The summed E-state index contributed by atoms with van der Waals surface area (Å²) < 4.78 is 12.0. The Kier molecular flexibility index (Phi) is 3.97. The Hall–Kier alpha value is -0.310. The summed E-state index contributed by atoms with van der Waals surface area (Å²) in [7, 11) is 0. The van der Waals surface area contributed by atoms with Gasteiger partial charge in [0.25, 0.3) is 0 Å². The summed E-state index contributed by atoms with van der Waals surface area (Å²) in [4.78, 5) is 0. The molecule has 1 aromatic rings. The summed E-state index contributed by atoms with van der Waals surface area (Å²) in [5.41, 5.74) is 6.46. The molecule has 0 aliphatic heterocycles. The van der Waals surface area contributed by atoms with Gasteiger partial charge in [-0.1, -0.05) is 23.2 Å². The summed E-state index contributed by atoms with van der Waals surface area (Å²) in [6.07, 6.45) is 0.288. The molecule has 0 bridgehead atoms. The Balaban J connectivity index is 2.87. The van der Waals surface area contributed by atoms with Gasteiger partial charge in [-0.2, -0.15) is 0 Å². The number of hydrogen-bond donors (Lipinski definition) is 1. The summed E-state index contributed by atoms with van der Waals surface area (Å²) in [6.45, 7) is -0.439. The molecular formula is C9H10Cl2FN. The summed E-state index contributed by atoms with van der Waals surface area (Å²) in [6, 6.07) is 4.69. The van der Waals surface area contributed by atoms with E-state index >= 15 is 0 Å². The van der Waals surface area contributed by atoms with Gasteiger partial charge in [-0.3, -0.25) is 4.39 Å². The van der Waals surface area contributed by atoms with Crippen molar-refractivity contribution in [3.05, 3.63) is 33.8 Å². The third-order valence-corrected chi connectivity index (χ3v) is 2.17. The molecule has 2 N–H and O–H groups in total. The normalized spacial score (nSPS) is 12.9. The van der Waals surface area contributed by atoms with Crippen LogP contribution in [-0.4, -0.2) is 6.67 Å². The highest BCUT2D eigenvalue weighted by molar-refractivity contribution is 6.34. The molecule has 0 radical (unpaired) electrons. The number of halogens is 3. The highest BCUT2D eigenvalue weighted by atomic mass is 35.5. The second kappa shape index (κ2) is 4.80. The van der Waals surface area contributed by atoms with Gasteiger partial charge in [0.15, 0.2) is 0 Å². The van der Waals surface area contributed by atoms with Gasteiger partial charge in [0.2, 0.25) is 0 Å². The highest BCUT2D eigenvalue weighted by Crippen LogP contribution is 2.23. The van der Waals surface area contributed by atoms with Crippen molar-refractivity contribution in [2.24, 2.45) is 5.73 Å². The minimum Gasteiger partial charge on any atom is -0.324 e. The second-order valence-corrected chi connectivity index (χ2v) is 3.66. The minimum absolute atomic E-state index is 0.288. The SMILES string of the molecule is N[C@H](CCF)c1cc(Cl)cc(Cl)c1. The van der Waals surface area contributed by atoms with Crippen molar-refractivity contribution in [2.45, 2.75) is 12.5 Å². The number of alkyl halides is 1. The summed E-state index contributed by atoms with van der Waals surface area (Å²) >= 11 is 11.5. The van der Waals surface area contributed by atoms with Gasteiger partial charge < -0.3 is 5.73 Å². The van der Waals surface area contributed by atoms with Crippen molar-refractivity contribution in [1.29, 1.82) is 0 Å². The topological polar surface area (TPSA) is 26.0 Å². The van der Waals surface area contributed by atoms with Crippen molar-refractivity contribution < 1.29 is 4.39 Å². The van der Waals surface area contributed by atoms with Crippen LogP contribution in [0.4, 0.5) is 4.39 Å². The van der Waals surface area contributed by atoms with Gasteiger partial charge in [-0.25, -0.2) is 0 Å². The Morgan fingerprint density at radius 3 is 2.23 bits per heavy atom. The van der Waals surface area contributed by atoms with Crippen molar-refractivity contribution in [2.75, 3.05) is 6.67 Å². The van der Waals surface area contributed by atoms with E-state index in [-0.39, 0.29) is 12.5 Å². The molecule has 1 nitrogen and oxygen atoms in total. The van der Waals surface area contributed by atoms with Crippen LogP contribution in [0.2, 0.25) is 10.0 Å². The first kappa shape index (κ1) is 10.8. The van der Waals surface area contributed by atoms with E-state index in [0.717, 1.165) is 5.56 Å². The van der Waals surface area contributed by atoms with E-state index in [0.29, 0.717) is 10.0 Å². The van der Waals surface area contributed by atoms with Crippen LogP contribution in [0.1, 0.15) is 18.0 Å². The molecule has 4 heteroatoms. The Morgan fingerprint density at radius 2 is 1.77 bits per heavy atom. The second-order valence-electron chi connectivity index (χ2n) is 2.79. The fourth-order valence-corrected chi connectivity index (χ4v) is 1.62. The molecule has 13 heavy (non-hydrogen) atoms. The van der Waals surface area contributed by atoms with Gasteiger partial charge in [0, 0.05) is 16.1 Å². The molecule has 0 saturated carbocycles. The first-order chi connectivity index (χ1) is 6.13. The van der Waals surface area contributed by atoms with Crippen molar-refractivity contribution >= 4 is 23.2 Å². The van der Waals surface area contributed by atoms with E-state index in [1.54, 1.807) is 18.2 Å². The van der Waals surface area contributed by atoms with Crippen LogP contribution in [0.25, 0.3) is 0 Å². The van der Waals surface area contributed by atoms with E-state index in [1.807, 2.05) is 0 Å². The van der Waals surface area contributed by atoms with Crippen LogP contribution >= 0.6 is 23.2 Å². The summed E-state index contributed by atoms with van der Waals surface area (Å²) in [5.74, 6) is 0. The van der Waals surface area contributed by atoms with Crippen LogP contribution < -0.4 is 5.73 Å². The molecule has 0 aliphatic carbocycles. The molecule has 0 aromatic heterocycles. The highest BCUT2D eigenvalue weighted by Gasteiger charge is 2.07. The maximum atomic E-state index is 12.0. The fourth-order valence-electron chi connectivity index (χ4n) is 1.07. The molecule has 0 heterocycles. The predicted molar refractivity (Wildman–Crippen MR) is 54.0 cm³/mol. The first-order valence-electron chi connectivity index (χ1n) is 3.91. The lowest BCUT2D eigenvalue weighted by Crippen LogP contribution is -2.10. The molecule has 0 saturated heterocycles. The Labute approximate surface area is 86.6 Å². The minimum atomic E-state index is -0.439. The van der Waals surface area contributed by atoms with Crippen LogP contribution in [-0.2, 0) is 0 Å². The maximum absolute atomic E-state index is 12.0. The summed E-state index contributed by atoms with van der Waals surface area (Å²) in [5, 5.41) is 1.05. The standard InChI is InChI=1S/C9H10Cl2FN/c10-7-3-6(4-8(11)5-7)9(13)1-2-12/h3-5,9H,1-2,13H2/t9-/m1/s1. The molecule has 0 unspecified atom stereocenters. The number of benzene rings is 1. The number of hydrogen-bond acceptors (Lipinski definition) is 1. The first-order valence-corrected chi connectivity index (χ1v) is 4.66. The van der Waals surface area contributed by atoms with Gasteiger partial charge in [-0.15, -0.1) is 0 Å². The fraction of sp³-hybridized carbons (Fsp3) is 0.333. The zero-order valence-electron chi connectivity index (χ0n) is 6.93. The smallest absolute Gasteiger partial charge is 0.0912 e. The molecule has 0 aliphatic rings. The van der Waals surface area contributed by atoms with E-state index in [9.17, 15) is 4.39 Å². The van der Waals surface area contributed by atoms with Crippen LogP contribution in [0.5, 0.6) is 0 Å². The zero-order chi connectivity index (χ0) is 9.84. The maximum Gasteiger partial charge on any atom is 0.0912 e. The van der Waals surface area contributed by atoms with Crippen LogP contribution in [0.15, 0.2) is 18.2 Å². The van der Waals surface area contributed by atoms with Gasteiger partial charge >= 0.3 is 0 Å². The lowest BCUT2D eigenvalue weighted by molar-refractivity contribution is 0.442. The van der Waals surface area contributed by atoms with Crippen LogP contribution in [0.3, 0.4) is 0 Å². The monoisotopic (exact) mass is 221 g/mol. The average Bonchev–Trinajstić information content (AvgIpc) is 2.03. The number of rotatable bonds is 3. The van der Waals surface area contributed by atoms with Crippen molar-refractivity contribution in [3.63, 3.8) is 0 Å². The van der Waals surface area contributed by atoms with E-state index in [4.69, 9.17) is 28.9 Å². The van der Waals surface area contributed by atoms with Crippen LogP contribution in [0, 0.1) is 0 Å². The molecule has 1 aromatic carbocycles. The van der Waals surface area contributed by atoms with E-state index in [2.05, 4.69) is 0 Å². The zero-order valence-corrected chi connectivity index (χ0v) is 8.45. The third kappa shape index (κ3) is 3.14. The molecule has 0 fully saturated rings. The van der Waals surface area contributed by atoms with E-state index < -0.39 is 6.67 Å². The lowest BCUT2D eigenvalue weighted by atomic mass is 10.1. The third-order valence-electron chi connectivity index (χ3n) is 1.73. The molecule has 72 valence electrons. The van der Waals surface area contributed by atoms with Crippen molar-refractivity contribution in [3.8, 4) is 0 Å². The largest absolute Gasteiger partial charge is 0.324 e. The van der Waals surface area contributed by atoms with Gasteiger partial charge in [0.1, 0.15) is 0 Å². The molecular weight excluding hydrogens is 212 g/mol. The number of nitrogens with two attached hydrogens (primary N) is 1. The van der Waals surface area contributed by atoms with E-state index in [1.165, 1.54) is 0 Å². The Bertz CT molecular complexity index is 271. The molecule has 0 spiro atoms. The molecule has 1 atom stereocenters. The predicted octanol–water partition coefficient (Wildman–Crippen LogP) is 3.35. The lowest BCUT2D eigenvalue weighted by Gasteiger charge is -2.10. The quantitative estimate of drug-likeness (QED) is 0.833.